The van der Waals surface area contributed by atoms with Crippen molar-refractivity contribution in [3.63, 3.8) is 0 Å². The van der Waals surface area contributed by atoms with Gasteiger partial charge in [0.25, 0.3) is 0 Å². The van der Waals surface area contributed by atoms with E-state index in [2.05, 4.69) is 96.7 Å². The van der Waals surface area contributed by atoms with Crippen molar-refractivity contribution < 1.29 is 43.4 Å². The summed E-state index contributed by atoms with van der Waals surface area (Å²) in [4.78, 5) is 16.1. The first-order valence-electron chi connectivity index (χ1n) is 14.3. The Morgan fingerprint density at radius 3 is 1.20 bits per heavy atom. The molecule has 0 spiro atoms. The second-order valence-corrected chi connectivity index (χ2v) is 20.2. The molecule has 2 aliphatic heterocycles. The molecule has 0 N–H and O–H groups in total. The summed E-state index contributed by atoms with van der Waals surface area (Å²) in [7, 11) is -4.00. The minimum absolute atomic E-state index is 0. The van der Waals surface area contributed by atoms with E-state index < -0.39 is 16.5 Å². The van der Waals surface area contributed by atoms with Gasteiger partial charge in [0.05, 0.1) is 12.1 Å². The van der Waals surface area contributed by atoms with Crippen molar-refractivity contribution >= 4 is 26.9 Å². The van der Waals surface area contributed by atoms with Crippen molar-refractivity contribution in [2.45, 2.75) is 64.0 Å². The summed E-state index contributed by atoms with van der Waals surface area (Å²) in [6.45, 7) is 15.1. The molecule has 0 amide bonds. The number of benzene rings is 2. The Bertz CT molecular complexity index is 1120. The third kappa shape index (κ3) is 9.84. The summed E-state index contributed by atoms with van der Waals surface area (Å²) in [5, 5.41) is 3.02. The Labute approximate surface area is 312 Å². The van der Waals surface area contributed by atoms with Crippen LogP contribution in [0.4, 0.5) is 0 Å². The second-order valence-electron chi connectivity index (χ2n) is 12.3. The zero-order chi connectivity index (χ0) is 25.6. The molecular formula is C37H60N4Si2Ti2. The van der Waals surface area contributed by atoms with Gasteiger partial charge in [0.1, 0.15) is 0 Å². The standard InChI is InChI=1S/C31H42N4Si2.6CH3.2Ti/c1-36(2,30-21-28(34-17-9-10-18-34)24-13-5-7-15-26(24)30)32-23-33-37(3,4)31-22-29(35-19-11-12-20-35)25-14-6-8-16-27(25)31;;;;;;;;/h5-8,13-16,21-22,28-29H,9-12,17-20,23H2,1-4H3;6*1H3;;/q-2;6*-1;2*+4. The smallest absolute Gasteiger partial charge is 0.679 e. The van der Waals surface area contributed by atoms with E-state index in [0.717, 1.165) is 0 Å². The average Bonchev–Trinajstić information content (AvgIpc) is 3.68. The van der Waals surface area contributed by atoms with Crippen LogP contribution in [0, 0.1) is 44.6 Å². The summed E-state index contributed by atoms with van der Waals surface area (Å²) < 4.78 is 0. The zero-order valence-electron chi connectivity index (χ0n) is 30.1. The SMILES string of the molecule is C[Si](C)([N-]C[N-][Si](C)(C)C1=CC(N2CCCC2)c2ccccc21)C1=CC(N2CCCC2)c2ccccc21.[CH3-].[CH3-].[CH3-].[CH3-].[CH3-].[CH3-].[Ti+4].[Ti+4]. The van der Waals surface area contributed by atoms with Crippen molar-refractivity contribution in [3.8, 4) is 0 Å². The van der Waals surface area contributed by atoms with Crippen molar-refractivity contribution in [1.29, 1.82) is 0 Å². The van der Waals surface area contributed by atoms with E-state index >= 15 is 0 Å². The molecule has 4 aliphatic rings. The molecule has 2 unspecified atom stereocenters. The van der Waals surface area contributed by atoms with Crippen LogP contribution in [-0.4, -0.2) is 59.1 Å². The molecule has 2 aromatic carbocycles. The van der Waals surface area contributed by atoms with Gasteiger partial charge in [-0.1, -0.05) is 97.3 Å². The van der Waals surface area contributed by atoms with E-state index in [1.165, 1.54) is 84.5 Å². The third-order valence-corrected chi connectivity index (χ3v) is 14.5. The maximum Gasteiger partial charge on any atom is 4.00 e. The maximum absolute atomic E-state index is 5.39. The average molecular weight is 713 g/mol. The molecule has 45 heavy (non-hydrogen) atoms. The number of hydrogen-bond acceptors (Lipinski definition) is 2. The van der Waals surface area contributed by atoms with Crippen LogP contribution in [0.15, 0.2) is 60.7 Å². The monoisotopic (exact) mass is 712 g/mol. The quantitative estimate of drug-likeness (QED) is 0.202. The molecule has 0 bridgehead atoms. The molecule has 2 saturated heterocycles. The minimum Gasteiger partial charge on any atom is -0.679 e. The van der Waals surface area contributed by atoms with Crippen LogP contribution in [0.1, 0.15) is 60.0 Å². The van der Waals surface area contributed by atoms with E-state index in [9.17, 15) is 0 Å². The number of likely N-dealkylation sites (tertiary alicyclic amines) is 2. The molecule has 2 fully saturated rings. The topological polar surface area (TPSA) is 34.7 Å². The van der Waals surface area contributed by atoms with Gasteiger partial charge < -0.3 is 54.5 Å². The van der Waals surface area contributed by atoms with Gasteiger partial charge in [0, 0.05) is 0 Å². The van der Waals surface area contributed by atoms with Gasteiger partial charge >= 0.3 is 43.4 Å². The van der Waals surface area contributed by atoms with Gasteiger partial charge in [-0.05, 0) is 90.6 Å². The van der Waals surface area contributed by atoms with Gasteiger partial charge in [-0.15, -0.1) is 0 Å². The van der Waals surface area contributed by atoms with Crippen LogP contribution >= 0.6 is 0 Å². The van der Waals surface area contributed by atoms with E-state index in [-0.39, 0.29) is 88.0 Å². The predicted molar refractivity (Wildman–Crippen MR) is 201 cm³/mol. The molecule has 6 rings (SSSR count). The first-order chi connectivity index (χ1) is 17.9. The summed E-state index contributed by atoms with van der Waals surface area (Å²) in [5.74, 6) is 0. The second kappa shape index (κ2) is 20.2. The molecule has 8 heteroatoms. The van der Waals surface area contributed by atoms with Gasteiger partial charge in [-0.2, -0.15) is 0 Å². The fraction of sp³-hybridized carbons (Fsp3) is 0.405. The fourth-order valence-electron chi connectivity index (χ4n) is 6.95. The maximum atomic E-state index is 5.39. The molecule has 2 heterocycles. The molecule has 0 aromatic heterocycles. The Balaban J connectivity index is -0.00000220. The number of rotatable bonds is 8. The van der Waals surface area contributed by atoms with Crippen LogP contribution in [0.2, 0.25) is 26.2 Å². The van der Waals surface area contributed by atoms with Crippen LogP contribution in [0.5, 0.6) is 0 Å². The molecule has 2 aromatic rings. The zero-order valence-corrected chi connectivity index (χ0v) is 35.2. The van der Waals surface area contributed by atoms with Crippen LogP contribution in [0.3, 0.4) is 0 Å². The first-order valence-corrected chi connectivity index (χ1v) is 20.2. The van der Waals surface area contributed by atoms with Crippen LogP contribution < -0.4 is 0 Å². The Morgan fingerprint density at radius 1 is 0.556 bits per heavy atom. The Hall–Kier alpha value is -0.378. The van der Waals surface area contributed by atoms with E-state index in [1.54, 1.807) is 0 Å². The van der Waals surface area contributed by atoms with Gasteiger partial charge in [0.2, 0.25) is 0 Å². The van der Waals surface area contributed by atoms with Gasteiger partial charge in [0.15, 0.2) is 0 Å². The predicted octanol–water partition coefficient (Wildman–Crippen LogP) is 10.3. The van der Waals surface area contributed by atoms with Crippen molar-refractivity contribution in [2.75, 3.05) is 32.8 Å². The van der Waals surface area contributed by atoms with Crippen LogP contribution in [0.25, 0.3) is 20.4 Å². The molecule has 4 nitrogen and oxygen atoms in total. The number of hydrogen-bond donors (Lipinski definition) is 0. The van der Waals surface area contributed by atoms with Crippen LogP contribution in [-0.2, 0) is 43.4 Å². The summed E-state index contributed by atoms with van der Waals surface area (Å²) >= 11 is 0. The first kappa shape index (κ1) is 49.0. The molecule has 2 atom stereocenters. The number of nitrogens with zero attached hydrogens (tertiary/aromatic N) is 4. The normalized spacial score (nSPS) is 20.0. The largest absolute Gasteiger partial charge is 4.00 e. The van der Waals surface area contributed by atoms with Gasteiger partial charge in [-0.25, -0.2) is 0 Å². The van der Waals surface area contributed by atoms with Crippen molar-refractivity contribution in [3.05, 3.63) is 137 Å². The summed E-state index contributed by atoms with van der Waals surface area (Å²) in [5.41, 5.74) is 5.86. The Kier molecular flexibility index (Phi) is 22.0. The van der Waals surface area contributed by atoms with E-state index in [1.807, 2.05) is 0 Å². The Morgan fingerprint density at radius 2 is 0.867 bits per heavy atom. The van der Waals surface area contributed by atoms with Crippen molar-refractivity contribution in [2.24, 2.45) is 0 Å². The minimum atomic E-state index is -2.00. The molecule has 0 radical (unpaired) electrons. The van der Waals surface area contributed by atoms with E-state index in [4.69, 9.17) is 9.96 Å². The van der Waals surface area contributed by atoms with Gasteiger partial charge in [-0.3, -0.25) is 16.5 Å². The molecule has 2 aliphatic carbocycles. The van der Waals surface area contributed by atoms with E-state index in [0.29, 0.717) is 18.8 Å². The molecule has 0 saturated carbocycles. The molecular weight excluding hydrogens is 652 g/mol. The molecule has 244 valence electrons. The summed E-state index contributed by atoms with van der Waals surface area (Å²) in [6, 6.07) is 19.0. The fourth-order valence-corrected chi connectivity index (χ4v) is 11.2. The summed E-state index contributed by atoms with van der Waals surface area (Å²) in [6.07, 6.45) is 10.4. The van der Waals surface area contributed by atoms with Crippen molar-refractivity contribution in [1.82, 2.24) is 9.80 Å². The number of fused-ring (bicyclic) bond motifs is 2. The third-order valence-electron chi connectivity index (χ3n) is 9.11.